The number of hydrogen-bond acceptors (Lipinski definition) is 3. The Morgan fingerprint density at radius 1 is 1.12 bits per heavy atom. The van der Waals surface area contributed by atoms with Crippen molar-refractivity contribution >= 4 is 23.3 Å². The zero-order valence-electron chi connectivity index (χ0n) is 14.3. The number of carbonyl (C=O) groups excluding carboxylic acids is 1. The van der Waals surface area contributed by atoms with E-state index in [1.807, 2.05) is 0 Å². The van der Waals surface area contributed by atoms with Gasteiger partial charge in [-0.25, -0.2) is 9.18 Å². The molecule has 5 nitrogen and oxygen atoms in total. The van der Waals surface area contributed by atoms with E-state index >= 15 is 0 Å². The molecule has 1 aliphatic heterocycles. The number of nitrogens with one attached hydrogen (secondary N) is 2. The predicted octanol–water partition coefficient (Wildman–Crippen LogP) is 3.67. The summed E-state index contributed by atoms with van der Waals surface area (Å²) >= 11 is 5.85. The van der Waals surface area contributed by atoms with Crippen molar-refractivity contribution in [3.63, 3.8) is 0 Å². The molecule has 1 heterocycles. The molecule has 1 fully saturated rings. The molecule has 1 aliphatic rings. The van der Waals surface area contributed by atoms with Gasteiger partial charge in [0.25, 0.3) is 0 Å². The van der Waals surface area contributed by atoms with E-state index in [9.17, 15) is 9.18 Å². The summed E-state index contributed by atoms with van der Waals surface area (Å²) in [5, 5.41) is 6.28. The van der Waals surface area contributed by atoms with Gasteiger partial charge in [0.2, 0.25) is 0 Å². The highest BCUT2D eigenvalue weighted by atomic mass is 35.5. The third-order valence-corrected chi connectivity index (χ3v) is 4.55. The normalized spacial score (nSPS) is 16.1. The van der Waals surface area contributed by atoms with Crippen molar-refractivity contribution in [3.05, 3.63) is 64.9 Å². The van der Waals surface area contributed by atoms with E-state index < -0.39 is 0 Å². The van der Waals surface area contributed by atoms with Gasteiger partial charge in [-0.1, -0.05) is 23.7 Å². The van der Waals surface area contributed by atoms with Crippen molar-refractivity contribution < 1.29 is 13.9 Å². The fourth-order valence-corrected chi connectivity index (χ4v) is 3.06. The lowest BCUT2D eigenvalue weighted by atomic mass is 10.0. The number of rotatable bonds is 5. The second kappa shape index (κ2) is 8.98. The van der Waals surface area contributed by atoms with E-state index in [1.165, 1.54) is 12.1 Å². The van der Waals surface area contributed by atoms with Crippen molar-refractivity contribution in [2.75, 3.05) is 38.2 Å². The molecule has 0 aromatic heterocycles. The maximum absolute atomic E-state index is 13.3. The van der Waals surface area contributed by atoms with Gasteiger partial charge in [0.1, 0.15) is 5.82 Å². The summed E-state index contributed by atoms with van der Waals surface area (Å²) in [4.78, 5) is 14.4. The van der Waals surface area contributed by atoms with Gasteiger partial charge in [-0.2, -0.15) is 0 Å². The van der Waals surface area contributed by atoms with Gasteiger partial charge in [-0.3, -0.25) is 4.90 Å². The second-order valence-electron chi connectivity index (χ2n) is 6.06. The van der Waals surface area contributed by atoms with Gasteiger partial charge in [0.05, 0.1) is 19.3 Å². The Morgan fingerprint density at radius 2 is 1.77 bits per heavy atom. The van der Waals surface area contributed by atoms with Crippen LogP contribution in [0.4, 0.5) is 14.9 Å². The van der Waals surface area contributed by atoms with Gasteiger partial charge in [0.15, 0.2) is 0 Å². The number of nitrogens with zero attached hydrogens (tertiary/aromatic N) is 1. The predicted molar refractivity (Wildman–Crippen MR) is 100 cm³/mol. The summed E-state index contributed by atoms with van der Waals surface area (Å²) < 4.78 is 18.7. The third kappa shape index (κ3) is 5.17. The van der Waals surface area contributed by atoms with Crippen LogP contribution >= 0.6 is 11.6 Å². The Balaban J connectivity index is 1.64. The first-order valence-electron chi connectivity index (χ1n) is 8.49. The molecule has 3 rings (SSSR count). The van der Waals surface area contributed by atoms with Crippen LogP contribution in [-0.2, 0) is 4.74 Å². The average molecular weight is 378 g/mol. The molecular formula is C19H21ClFN3O2. The van der Waals surface area contributed by atoms with Crippen LogP contribution in [0.3, 0.4) is 0 Å². The van der Waals surface area contributed by atoms with Crippen LogP contribution in [0.1, 0.15) is 11.6 Å². The number of halogens is 2. The van der Waals surface area contributed by atoms with E-state index in [-0.39, 0.29) is 17.9 Å². The fourth-order valence-electron chi connectivity index (χ4n) is 2.93. The monoisotopic (exact) mass is 377 g/mol. The number of urea groups is 1. The molecule has 2 N–H and O–H groups in total. The van der Waals surface area contributed by atoms with Crippen molar-refractivity contribution in [1.82, 2.24) is 10.2 Å². The number of hydrogen-bond donors (Lipinski definition) is 2. The smallest absolute Gasteiger partial charge is 0.319 e. The highest BCUT2D eigenvalue weighted by Crippen LogP contribution is 2.22. The molecule has 1 unspecified atom stereocenters. The highest BCUT2D eigenvalue weighted by Gasteiger charge is 2.23. The first-order chi connectivity index (χ1) is 12.6. The first kappa shape index (κ1) is 18.6. The number of benzene rings is 2. The lowest BCUT2D eigenvalue weighted by molar-refractivity contribution is 0.0167. The summed E-state index contributed by atoms with van der Waals surface area (Å²) in [6.45, 7) is 3.24. The van der Waals surface area contributed by atoms with Crippen LogP contribution in [0, 0.1) is 5.82 Å². The molecule has 2 aromatic carbocycles. The van der Waals surface area contributed by atoms with E-state index in [1.54, 1.807) is 36.4 Å². The Hall–Kier alpha value is -2.15. The summed E-state index contributed by atoms with van der Waals surface area (Å²) in [6.07, 6.45) is 0. The minimum atomic E-state index is -0.298. The molecule has 26 heavy (non-hydrogen) atoms. The Morgan fingerprint density at radius 3 is 2.42 bits per heavy atom. The molecule has 7 heteroatoms. The topological polar surface area (TPSA) is 53.6 Å². The van der Waals surface area contributed by atoms with Crippen molar-refractivity contribution in [2.45, 2.75) is 6.04 Å². The van der Waals surface area contributed by atoms with Crippen molar-refractivity contribution in [1.29, 1.82) is 0 Å². The molecular weight excluding hydrogens is 357 g/mol. The minimum absolute atomic E-state index is 0.0459. The average Bonchev–Trinajstić information content (AvgIpc) is 2.66. The van der Waals surface area contributed by atoms with Crippen LogP contribution in [0.25, 0.3) is 0 Å². The van der Waals surface area contributed by atoms with Gasteiger partial charge >= 0.3 is 6.03 Å². The van der Waals surface area contributed by atoms with Crippen LogP contribution in [0.15, 0.2) is 48.5 Å². The van der Waals surface area contributed by atoms with Gasteiger partial charge in [-0.15, -0.1) is 0 Å². The zero-order valence-corrected chi connectivity index (χ0v) is 15.0. The largest absolute Gasteiger partial charge is 0.379 e. The lowest BCUT2D eigenvalue weighted by Crippen LogP contribution is -2.44. The summed E-state index contributed by atoms with van der Waals surface area (Å²) in [5.74, 6) is -0.275. The molecule has 0 saturated carbocycles. The molecule has 0 bridgehead atoms. The third-order valence-electron chi connectivity index (χ3n) is 4.30. The molecule has 0 aliphatic carbocycles. The molecule has 2 aromatic rings. The van der Waals surface area contributed by atoms with Crippen LogP contribution in [-0.4, -0.2) is 43.8 Å². The van der Waals surface area contributed by atoms with E-state index in [2.05, 4.69) is 15.5 Å². The summed E-state index contributed by atoms with van der Waals surface area (Å²) in [7, 11) is 0. The standard InChI is InChI=1S/C19H21ClFN3O2/c20-15-3-7-17(8-4-15)23-19(25)22-13-18(24-9-11-26-12-10-24)14-1-5-16(21)6-2-14/h1-8,18H,9-13H2,(H2,22,23,25). The maximum atomic E-state index is 13.3. The van der Waals surface area contributed by atoms with E-state index in [4.69, 9.17) is 16.3 Å². The van der Waals surface area contributed by atoms with Gasteiger partial charge < -0.3 is 15.4 Å². The molecule has 138 valence electrons. The van der Waals surface area contributed by atoms with Crippen LogP contribution < -0.4 is 10.6 Å². The van der Waals surface area contributed by atoms with Crippen molar-refractivity contribution in [3.8, 4) is 0 Å². The number of morpholine rings is 1. The van der Waals surface area contributed by atoms with Gasteiger partial charge in [0, 0.05) is 30.3 Å². The van der Waals surface area contributed by atoms with E-state index in [0.717, 1.165) is 18.7 Å². The number of ether oxygens (including phenoxy) is 1. The maximum Gasteiger partial charge on any atom is 0.319 e. The Bertz CT molecular complexity index is 719. The summed E-state index contributed by atoms with van der Waals surface area (Å²) in [5.41, 5.74) is 1.62. The SMILES string of the molecule is O=C(NCC(c1ccc(F)cc1)N1CCOCC1)Nc1ccc(Cl)cc1. The zero-order chi connectivity index (χ0) is 18.4. The Kier molecular flexibility index (Phi) is 6.44. The lowest BCUT2D eigenvalue weighted by Gasteiger charge is -2.34. The quantitative estimate of drug-likeness (QED) is 0.835. The molecule has 0 spiro atoms. The highest BCUT2D eigenvalue weighted by molar-refractivity contribution is 6.30. The minimum Gasteiger partial charge on any atom is -0.379 e. The molecule has 0 radical (unpaired) electrons. The fraction of sp³-hybridized carbons (Fsp3) is 0.316. The van der Waals surface area contributed by atoms with Crippen LogP contribution in [0.5, 0.6) is 0 Å². The molecule has 1 saturated heterocycles. The molecule has 1 atom stereocenters. The van der Waals surface area contributed by atoms with Crippen LogP contribution in [0.2, 0.25) is 5.02 Å². The Labute approximate surface area is 157 Å². The number of anilines is 1. The van der Waals surface area contributed by atoms with Crippen molar-refractivity contribution in [2.24, 2.45) is 0 Å². The van der Waals surface area contributed by atoms with Gasteiger partial charge in [-0.05, 0) is 42.0 Å². The van der Waals surface area contributed by atoms with E-state index in [0.29, 0.717) is 30.5 Å². The number of amides is 2. The number of carbonyl (C=O) groups is 1. The second-order valence-corrected chi connectivity index (χ2v) is 6.49. The molecule has 2 amide bonds. The first-order valence-corrected chi connectivity index (χ1v) is 8.87. The summed E-state index contributed by atoms with van der Waals surface area (Å²) in [6, 6.07) is 13.0.